The Morgan fingerprint density at radius 2 is 2.04 bits per heavy atom. The molecule has 6 nitrogen and oxygen atoms in total. The molecule has 1 aromatic rings. The van der Waals surface area contributed by atoms with E-state index in [9.17, 15) is 21.2 Å². The lowest BCUT2D eigenvalue weighted by molar-refractivity contribution is 0.305. The van der Waals surface area contributed by atoms with Gasteiger partial charge in [0, 0.05) is 36.8 Å². The molecule has 2 rings (SSSR count). The summed E-state index contributed by atoms with van der Waals surface area (Å²) in [4.78, 5) is 0. The number of sulfone groups is 1. The molecule has 0 spiro atoms. The van der Waals surface area contributed by atoms with Crippen LogP contribution in [-0.4, -0.2) is 56.6 Å². The Kier molecular flexibility index (Phi) is 6.48. The van der Waals surface area contributed by atoms with E-state index in [-0.39, 0.29) is 41.6 Å². The first-order valence-electron chi connectivity index (χ1n) is 7.95. The van der Waals surface area contributed by atoms with Crippen LogP contribution in [0.15, 0.2) is 18.2 Å². The third-order valence-electron chi connectivity index (χ3n) is 4.19. The van der Waals surface area contributed by atoms with Crippen LogP contribution < -0.4 is 0 Å². The molecule has 0 amide bonds. The summed E-state index contributed by atoms with van der Waals surface area (Å²) >= 11 is 5.97. The van der Waals surface area contributed by atoms with Crippen LogP contribution in [0.25, 0.3) is 0 Å². The molecule has 10 heteroatoms. The van der Waals surface area contributed by atoms with Gasteiger partial charge < -0.3 is 0 Å². The van der Waals surface area contributed by atoms with E-state index in [4.69, 9.17) is 11.6 Å². The van der Waals surface area contributed by atoms with Crippen LogP contribution in [0.3, 0.4) is 0 Å². The Morgan fingerprint density at radius 1 is 1.36 bits per heavy atom. The van der Waals surface area contributed by atoms with E-state index in [1.54, 1.807) is 0 Å². The second-order valence-corrected chi connectivity index (χ2v) is 10.8. The summed E-state index contributed by atoms with van der Waals surface area (Å²) in [5.41, 5.74) is 0.0886. The normalized spacial score (nSPS) is 20.5. The molecule has 1 aromatic carbocycles. The number of nitrogens with zero attached hydrogens (tertiary/aromatic N) is 2. The van der Waals surface area contributed by atoms with Gasteiger partial charge in [-0.25, -0.2) is 12.8 Å². The summed E-state index contributed by atoms with van der Waals surface area (Å²) in [5.74, 6) is -0.781. The Bertz CT molecular complexity index is 810. The minimum Gasteiger partial charge on any atom is -0.229 e. The minimum absolute atomic E-state index is 0.0176. The summed E-state index contributed by atoms with van der Waals surface area (Å²) in [6.07, 6.45) is 0.819. The molecule has 1 heterocycles. The second-order valence-electron chi connectivity index (χ2n) is 6.13. The van der Waals surface area contributed by atoms with E-state index in [2.05, 4.69) is 0 Å². The molecule has 0 radical (unpaired) electrons. The number of hydrogen-bond donors (Lipinski definition) is 0. The zero-order valence-corrected chi connectivity index (χ0v) is 16.5. The molecule has 1 aliphatic rings. The van der Waals surface area contributed by atoms with Gasteiger partial charge >= 0.3 is 0 Å². The zero-order valence-electron chi connectivity index (χ0n) is 14.2. The van der Waals surface area contributed by atoms with Gasteiger partial charge in [-0.3, -0.25) is 0 Å². The van der Waals surface area contributed by atoms with Gasteiger partial charge in [0.05, 0.1) is 11.5 Å². The molecular formula is C15H22ClFN2O4S2. The van der Waals surface area contributed by atoms with Gasteiger partial charge in [-0.15, -0.1) is 0 Å². The topological polar surface area (TPSA) is 74.8 Å². The Morgan fingerprint density at radius 3 is 2.56 bits per heavy atom. The third-order valence-corrected chi connectivity index (χ3v) is 8.29. The lowest BCUT2D eigenvalue weighted by Crippen LogP contribution is -2.48. The zero-order chi connectivity index (χ0) is 18.8. The maximum absolute atomic E-state index is 14.0. The van der Waals surface area contributed by atoms with Gasteiger partial charge in [0.2, 0.25) is 0 Å². The summed E-state index contributed by atoms with van der Waals surface area (Å²) in [6, 6.07) is 3.57. The monoisotopic (exact) mass is 412 g/mol. The van der Waals surface area contributed by atoms with Gasteiger partial charge in [0.25, 0.3) is 10.2 Å². The molecule has 142 valence electrons. The van der Waals surface area contributed by atoms with Crippen LogP contribution >= 0.6 is 11.6 Å². The van der Waals surface area contributed by atoms with Crippen molar-refractivity contribution in [3.8, 4) is 0 Å². The van der Waals surface area contributed by atoms with E-state index in [1.165, 1.54) is 29.6 Å². The number of halogens is 2. The van der Waals surface area contributed by atoms with Crippen molar-refractivity contribution in [2.45, 2.75) is 32.4 Å². The van der Waals surface area contributed by atoms with E-state index in [0.29, 0.717) is 6.42 Å². The lowest BCUT2D eigenvalue weighted by Gasteiger charge is -2.31. The molecule has 0 aromatic heterocycles. The van der Waals surface area contributed by atoms with Crippen LogP contribution in [0.2, 0.25) is 5.02 Å². The fourth-order valence-corrected chi connectivity index (χ4v) is 6.54. The molecule has 1 aliphatic heterocycles. The van der Waals surface area contributed by atoms with Crippen molar-refractivity contribution in [1.29, 1.82) is 0 Å². The maximum atomic E-state index is 14.0. The quantitative estimate of drug-likeness (QED) is 0.687. The largest absolute Gasteiger partial charge is 0.282 e. The van der Waals surface area contributed by atoms with Crippen molar-refractivity contribution in [1.82, 2.24) is 8.61 Å². The van der Waals surface area contributed by atoms with Crippen LogP contribution in [0.5, 0.6) is 0 Å². The van der Waals surface area contributed by atoms with Crippen molar-refractivity contribution in [3.63, 3.8) is 0 Å². The lowest BCUT2D eigenvalue weighted by atomic mass is 10.2. The molecule has 0 saturated carbocycles. The highest BCUT2D eigenvalue weighted by Crippen LogP contribution is 2.25. The standard InChI is InChI=1S/C15H22ClFN2O4S2/c1-3-8-19(12-7-9-24(20,21)11-12)25(22,23)18(2)10-13-14(16)5-4-6-15(13)17/h4-6,12H,3,7-11H2,1-2H3. The van der Waals surface area contributed by atoms with Crippen molar-refractivity contribution in [2.24, 2.45) is 0 Å². The second kappa shape index (κ2) is 7.87. The summed E-state index contributed by atoms with van der Waals surface area (Å²) in [6.45, 7) is 1.80. The maximum Gasteiger partial charge on any atom is 0.282 e. The van der Waals surface area contributed by atoms with E-state index in [1.807, 2.05) is 6.92 Å². The molecule has 1 unspecified atom stereocenters. The first-order valence-corrected chi connectivity index (χ1v) is 11.5. The molecule has 0 aliphatic carbocycles. The molecular weight excluding hydrogens is 391 g/mol. The van der Waals surface area contributed by atoms with Crippen molar-refractivity contribution >= 4 is 31.6 Å². The number of benzene rings is 1. The first kappa shape index (κ1) is 20.6. The van der Waals surface area contributed by atoms with Crippen LogP contribution in [-0.2, 0) is 26.6 Å². The number of hydrogen-bond acceptors (Lipinski definition) is 4. The minimum atomic E-state index is -3.95. The summed E-state index contributed by atoms with van der Waals surface area (Å²) in [5, 5.41) is 0.146. The Labute approximate surface area is 153 Å². The van der Waals surface area contributed by atoms with Gasteiger partial charge in [-0.2, -0.15) is 17.0 Å². The average molecular weight is 413 g/mol. The van der Waals surface area contributed by atoms with Crippen molar-refractivity contribution < 1.29 is 21.2 Å². The van der Waals surface area contributed by atoms with Crippen LogP contribution in [0, 0.1) is 5.82 Å². The Balaban J connectivity index is 2.27. The predicted octanol–water partition coefficient (Wildman–Crippen LogP) is 2.05. The van der Waals surface area contributed by atoms with Crippen LogP contribution in [0.1, 0.15) is 25.3 Å². The average Bonchev–Trinajstić information content (AvgIpc) is 2.87. The fraction of sp³-hybridized carbons (Fsp3) is 0.600. The Hall–Kier alpha value is -0.740. The van der Waals surface area contributed by atoms with Gasteiger partial charge in [0.1, 0.15) is 5.82 Å². The van der Waals surface area contributed by atoms with Gasteiger partial charge in [0.15, 0.2) is 9.84 Å². The fourth-order valence-electron chi connectivity index (χ4n) is 2.88. The highest BCUT2D eigenvalue weighted by atomic mass is 35.5. The first-order chi connectivity index (χ1) is 11.6. The summed E-state index contributed by atoms with van der Waals surface area (Å²) in [7, 11) is -5.84. The van der Waals surface area contributed by atoms with Gasteiger partial charge in [-0.1, -0.05) is 24.6 Å². The third kappa shape index (κ3) is 4.71. The van der Waals surface area contributed by atoms with Gasteiger partial charge in [-0.05, 0) is 25.0 Å². The highest BCUT2D eigenvalue weighted by molar-refractivity contribution is 7.91. The molecule has 25 heavy (non-hydrogen) atoms. The smallest absolute Gasteiger partial charge is 0.229 e. The number of rotatable bonds is 7. The van der Waals surface area contributed by atoms with E-state index < -0.39 is 31.9 Å². The molecule has 1 atom stereocenters. The van der Waals surface area contributed by atoms with E-state index >= 15 is 0 Å². The van der Waals surface area contributed by atoms with Crippen molar-refractivity contribution in [2.75, 3.05) is 25.1 Å². The molecule has 1 saturated heterocycles. The van der Waals surface area contributed by atoms with Crippen molar-refractivity contribution in [3.05, 3.63) is 34.6 Å². The molecule has 0 bridgehead atoms. The molecule has 0 N–H and O–H groups in total. The van der Waals surface area contributed by atoms with E-state index in [0.717, 1.165) is 4.31 Å². The van der Waals surface area contributed by atoms with Crippen LogP contribution in [0.4, 0.5) is 4.39 Å². The predicted molar refractivity (Wildman–Crippen MR) is 95.9 cm³/mol. The SMILES string of the molecule is CCCN(C1CCS(=O)(=O)C1)S(=O)(=O)N(C)Cc1c(F)cccc1Cl. The summed E-state index contributed by atoms with van der Waals surface area (Å²) < 4.78 is 65.5. The molecule has 1 fully saturated rings. The highest BCUT2D eigenvalue weighted by Gasteiger charge is 2.39.